The van der Waals surface area contributed by atoms with E-state index in [2.05, 4.69) is 10.6 Å². The van der Waals surface area contributed by atoms with Crippen LogP contribution >= 0.6 is 11.6 Å². The van der Waals surface area contributed by atoms with Crippen LogP contribution in [0.2, 0.25) is 5.02 Å². The number of carbonyl (C=O) groups excluding carboxylic acids is 1. The first-order valence-corrected chi connectivity index (χ1v) is 6.61. The molecule has 0 spiro atoms. The molecule has 2 N–H and O–H groups in total. The normalized spacial score (nSPS) is 16.4. The van der Waals surface area contributed by atoms with Gasteiger partial charge in [-0.3, -0.25) is 4.79 Å². The van der Waals surface area contributed by atoms with E-state index in [1.807, 2.05) is 24.3 Å². The summed E-state index contributed by atoms with van der Waals surface area (Å²) in [6.45, 7) is 0. The molecule has 0 saturated carbocycles. The Morgan fingerprint density at radius 1 is 1.30 bits per heavy atom. The maximum Gasteiger partial charge on any atom is 0.247 e. The van der Waals surface area contributed by atoms with Crippen molar-refractivity contribution < 1.29 is 9.18 Å². The Labute approximate surface area is 120 Å². The zero-order valence-electron chi connectivity index (χ0n) is 10.5. The van der Waals surface area contributed by atoms with E-state index in [4.69, 9.17) is 11.6 Å². The van der Waals surface area contributed by atoms with Crippen LogP contribution in [0.1, 0.15) is 5.56 Å². The SMILES string of the molecule is O=C(Nc1cc(Cl)ccc1F)[C@@H]1Cc2ccccc2N1. The number of anilines is 2. The van der Waals surface area contributed by atoms with E-state index >= 15 is 0 Å². The van der Waals surface area contributed by atoms with E-state index < -0.39 is 11.9 Å². The van der Waals surface area contributed by atoms with Crippen molar-refractivity contribution in [2.24, 2.45) is 0 Å². The first-order valence-electron chi connectivity index (χ1n) is 6.24. The van der Waals surface area contributed by atoms with Gasteiger partial charge < -0.3 is 10.6 Å². The predicted molar refractivity (Wildman–Crippen MR) is 77.6 cm³/mol. The Balaban J connectivity index is 1.74. The van der Waals surface area contributed by atoms with Crippen molar-refractivity contribution in [3.8, 4) is 0 Å². The summed E-state index contributed by atoms with van der Waals surface area (Å²) < 4.78 is 13.6. The van der Waals surface area contributed by atoms with Crippen molar-refractivity contribution in [1.29, 1.82) is 0 Å². The topological polar surface area (TPSA) is 41.1 Å². The molecule has 1 aliphatic rings. The summed E-state index contributed by atoms with van der Waals surface area (Å²) in [6, 6.07) is 11.4. The van der Waals surface area contributed by atoms with Gasteiger partial charge in [-0.15, -0.1) is 0 Å². The minimum absolute atomic E-state index is 0.0975. The van der Waals surface area contributed by atoms with E-state index in [-0.39, 0.29) is 11.6 Å². The molecule has 20 heavy (non-hydrogen) atoms. The standard InChI is InChI=1S/C15H12ClFN2O/c16-10-5-6-11(17)13(8-10)19-15(20)14-7-9-3-1-2-4-12(9)18-14/h1-6,8,14,18H,7H2,(H,19,20)/t14-/m0/s1. The molecule has 0 bridgehead atoms. The second-order valence-corrected chi connectivity index (χ2v) is 5.11. The number of carbonyl (C=O) groups is 1. The van der Waals surface area contributed by atoms with Gasteiger partial charge in [0.1, 0.15) is 11.9 Å². The van der Waals surface area contributed by atoms with Crippen LogP contribution in [0, 0.1) is 5.82 Å². The molecule has 0 unspecified atom stereocenters. The maximum absolute atomic E-state index is 13.6. The van der Waals surface area contributed by atoms with Gasteiger partial charge in [0.05, 0.1) is 5.69 Å². The fourth-order valence-corrected chi connectivity index (χ4v) is 2.44. The van der Waals surface area contributed by atoms with Crippen molar-refractivity contribution in [1.82, 2.24) is 0 Å². The molecule has 0 radical (unpaired) electrons. The largest absolute Gasteiger partial charge is 0.373 e. The number of fused-ring (bicyclic) bond motifs is 1. The lowest BCUT2D eigenvalue weighted by atomic mass is 10.1. The number of nitrogens with one attached hydrogen (secondary N) is 2. The Morgan fingerprint density at radius 2 is 2.10 bits per heavy atom. The predicted octanol–water partition coefficient (Wildman–Crippen LogP) is 3.45. The lowest BCUT2D eigenvalue weighted by Gasteiger charge is -2.12. The fourth-order valence-electron chi connectivity index (χ4n) is 2.27. The molecule has 102 valence electrons. The molecule has 3 nitrogen and oxygen atoms in total. The summed E-state index contributed by atoms with van der Waals surface area (Å²) in [4.78, 5) is 12.2. The molecule has 0 aromatic heterocycles. The summed E-state index contributed by atoms with van der Waals surface area (Å²) in [5, 5.41) is 6.07. The van der Waals surface area contributed by atoms with Crippen molar-refractivity contribution in [2.75, 3.05) is 10.6 Å². The number of para-hydroxylation sites is 1. The Hall–Kier alpha value is -2.07. The van der Waals surface area contributed by atoms with Gasteiger partial charge in [0.2, 0.25) is 5.91 Å². The molecular formula is C15H12ClFN2O. The van der Waals surface area contributed by atoms with Crippen LogP contribution in [0.15, 0.2) is 42.5 Å². The zero-order chi connectivity index (χ0) is 14.1. The molecule has 5 heteroatoms. The Morgan fingerprint density at radius 3 is 2.90 bits per heavy atom. The summed E-state index contributed by atoms with van der Waals surface area (Å²) >= 11 is 5.80. The van der Waals surface area contributed by atoms with Gasteiger partial charge >= 0.3 is 0 Å². The summed E-state index contributed by atoms with van der Waals surface area (Å²) in [5.74, 6) is -0.777. The molecule has 0 saturated heterocycles. The maximum atomic E-state index is 13.6. The van der Waals surface area contributed by atoms with Crippen LogP contribution in [0.5, 0.6) is 0 Å². The molecule has 1 amide bonds. The van der Waals surface area contributed by atoms with E-state index in [1.54, 1.807) is 0 Å². The molecule has 1 heterocycles. The number of benzene rings is 2. The Kier molecular flexibility index (Phi) is 3.32. The van der Waals surface area contributed by atoms with Gasteiger partial charge in [-0.1, -0.05) is 29.8 Å². The molecule has 0 fully saturated rings. The van der Waals surface area contributed by atoms with E-state index in [0.717, 1.165) is 11.3 Å². The zero-order valence-corrected chi connectivity index (χ0v) is 11.2. The minimum atomic E-state index is -0.502. The van der Waals surface area contributed by atoms with Crippen molar-refractivity contribution in [2.45, 2.75) is 12.5 Å². The van der Waals surface area contributed by atoms with Crippen LogP contribution in [0.3, 0.4) is 0 Å². The average Bonchev–Trinajstić information content (AvgIpc) is 2.87. The second-order valence-electron chi connectivity index (χ2n) is 4.67. The highest BCUT2D eigenvalue weighted by Gasteiger charge is 2.26. The van der Waals surface area contributed by atoms with Gasteiger partial charge in [-0.2, -0.15) is 0 Å². The van der Waals surface area contributed by atoms with Crippen LogP contribution in [0.4, 0.5) is 15.8 Å². The summed E-state index contributed by atoms with van der Waals surface area (Å²) in [6.07, 6.45) is 0.587. The number of halogens is 2. The highest BCUT2D eigenvalue weighted by molar-refractivity contribution is 6.30. The lowest BCUT2D eigenvalue weighted by Crippen LogP contribution is -2.33. The van der Waals surface area contributed by atoms with Gasteiger partial charge in [0.15, 0.2) is 0 Å². The number of hydrogen-bond acceptors (Lipinski definition) is 2. The first kappa shape index (κ1) is 12.9. The van der Waals surface area contributed by atoms with Crippen molar-refractivity contribution in [3.63, 3.8) is 0 Å². The third-order valence-corrected chi connectivity index (χ3v) is 3.51. The second kappa shape index (κ2) is 5.13. The molecule has 1 aliphatic heterocycles. The monoisotopic (exact) mass is 290 g/mol. The van der Waals surface area contributed by atoms with E-state index in [1.165, 1.54) is 18.2 Å². The smallest absolute Gasteiger partial charge is 0.247 e. The van der Waals surface area contributed by atoms with Crippen LogP contribution in [-0.4, -0.2) is 11.9 Å². The van der Waals surface area contributed by atoms with Gasteiger partial charge in [-0.05, 0) is 29.8 Å². The molecule has 2 aromatic rings. The van der Waals surface area contributed by atoms with Crippen molar-refractivity contribution in [3.05, 3.63) is 58.9 Å². The summed E-state index contributed by atoms with van der Waals surface area (Å²) in [7, 11) is 0. The van der Waals surface area contributed by atoms with Gasteiger partial charge in [-0.25, -0.2) is 4.39 Å². The fraction of sp³-hybridized carbons (Fsp3) is 0.133. The molecule has 1 atom stereocenters. The molecular weight excluding hydrogens is 279 g/mol. The van der Waals surface area contributed by atoms with Crippen LogP contribution in [-0.2, 0) is 11.2 Å². The average molecular weight is 291 g/mol. The van der Waals surface area contributed by atoms with E-state index in [9.17, 15) is 9.18 Å². The third kappa shape index (κ3) is 2.47. The van der Waals surface area contributed by atoms with E-state index in [0.29, 0.717) is 11.4 Å². The molecule has 3 rings (SSSR count). The number of amides is 1. The van der Waals surface area contributed by atoms with Gasteiger partial charge in [0, 0.05) is 17.1 Å². The highest BCUT2D eigenvalue weighted by Crippen LogP contribution is 2.26. The highest BCUT2D eigenvalue weighted by atomic mass is 35.5. The minimum Gasteiger partial charge on any atom is -0.373 e. The summed E-state index contributed by atoms with van der Waals surface area (Å²) in [5.41, 5.74) is 2.12. The first-order chi connectivity index (χ1) is 9.63. The quantitative estimate of drug-likeness (QED) is 0.889. The lowest BCUT2D eigenvalue weighted by molar-refractivity contribution is -0.116. The third-order valence-electron chi connectivity index (χ3n) is 3.27. The molecule has 0 aliphatic carbocycles. The van der Waals surface area contributed by atoms with Crippen LogP contribution in [0.25, 0.3) is 0 Å². The van der Waals surface area contributed by atoms with Crippen LogP contribution < -0.4 is 10.6 Å². The number of rotatable bonds is 2. The Bertz CT molecular complexity index is 650. The molecule has 2 aromatic carbocycles. The van der Waals surface area contributed by atoms with Gasteiger partial charge in [0.25, 0.3) is 0 Å². The van der Waals surface area contributed by atoms with Crippen molar-refractivity contribution >= 4 is 28.9 Å². The number of hydrogen-bond donors (Lipinski definition) is 2.